The molecule has 3 aromatic carbocycles. The molecule has 1 N–H and O–H groups in total. The van der Waals surface area contributed by atoms with Gasteiger partial charge in [-0.3, -0.25) is 9.69 Å². The predicted molar refractivity (Wildman–Crippen MR) is 128 cm³/mol. The summed E-state index contributed by atoms with van der Waals surface area (Å²) in [7, 11) is 0. The molecule has 3 nitrogen and oxygen atoms in total. The van der Waals surface area contributed by atoms with Crippen molar-refractivity contribution in [3.63, 3.8) is 0 Å². The van der Waals surface area contributed by atoms with Crippen molar-refractivity contribution in [2.24, 2.45) is 0 Å². The normalized spacial score (nSPS) is 22.8. The van der Waals surface area contributed by atoms with E-state index in [1.54, 1.807) is 0 Å². The average Bonchev–Trinajstić information content (AvgIpc) is 2.85. The Hall–Kier alpha value is -2.75. The number of aliphatic hydroxyl groups excluding tert-OH is 1. The third-order valence-electron chi connectivity index (χ3n) is 7.61. The number of carbonyl (C=O) groups excluding carboxylic acids is 1. The molecule has 0 saturated carbocycles. The molecule has 1 aliphatic carbocycles. The first-order valence-corrected chi connectivity index (χ1v) is 11.8. The molecule has 2 aliphatic rings. The number of Topliss-reactive ketones (excluding diaryl/α,β-unsaturated/α-hetero) is 1. The van der Waals surface area contributed by atoms with E-state index in [9.17, 15) is 9.90 Å². The summed E-state index contributed by atoms with van der Waals surface area (Å²) in [6.45, 7) is 1.67. The van der Waals surface area contributed by atoms with Crippen molar-refractivity contribution in [2.45, 2.75) is 49.7 Å². The fourth-order valence-corrected chi connectivity index (χ4v) is 5.72. The Morgan fingerprint density at radius 3 is 2.03 bits per heavy atom. The number of likely N-dealkylation sites (tertiary alicyclic amines) is 1. The second-order valence-corrected chi connectivity index (χ2v) is 9.38. The molecular weight excluding hydrogens is 394 g/mol. The fraction of sp³-hybridized carbons (Fsp3) is 0.345. The first-order valence-electron chi connectivity index (χ1n) is 11.8. The quantitative estimate of drug-likeness (QED) is 0.660. The third kappa shape index (κ3) is 4.03. The van der Waals surface area contributed by atoms with Crippen LogP contribution < -0.4 is 0 Å². The van der Waals surface area contributed by atoms with E-state index in [1.165, 1.54) is 11.1 Å². The van der Waals surface area contributed by atoms with Crippen molar-refractivity contribution < 1.29 is 9.90 Å². The number of hydrogen-bond donors (Lipinski definition) is 1. The van der Waals surface area contributed by atoms with Crippen molar-refractivity contribution in [1.82, 2.24) is 4.90 Å². The van der Waals surface area contributed by atoms with Crippen LogP contribution >= 0.6 is 0 Å². The number of fused-ring (bicyclic) bond motifs is 1. The highest BCUT2D eigenvalue weighted by atomic mass is 16.3. The van der Waals surface area contributed by atoms with Crippen molar-refractivity contribution in [2.75, 3.05) is 13.1 Å². The van der Waals surface area contributed by atoms with Crippen LogP contribution in [0.2, 0.25) is 0 Å². The van der Waals surface area contributed by atoms with Crippen LogP contribution in [-0.4, -0.2) is 41.0 Å². The molecular formula is C29H31NO2. The van der Waals surface area contributed by atoms with Crippen LogP contribution in [0.1, 0.15) is 35.1 Å². The van der Waals surface area contributed by atoms with Crippen LogP contribution in [0.5, 0.6) is 0 Å². The molecule has 3 aromatic rings. The summed E-state index contributed by atoms with van der Waals surface area (Å²) in [5, 5.41) is 10.9. The molecule has 0 unspecified atom stereocenters. The van der Waals surface area contributed by atoms with Gasteiger partial charge in [0.25, 0.3) is 0 Å². The summed E-state index contributed by atoms with van der Waals surface area (Å²) in [6, 6.07) is 29.0. The molecule has 1 saturated heterocycles. The summed E-state index contributed by atoms with van der Waals surface area (Å²) < 4.78 is 0. The minimum absolute atomic E-state index is 0.128. The Morgan fingerprint density at radius 1 is 0.812 bits per heavy atom. The molecule has 2 atom stereocenters. The van der Waals surface area contributed by atoms with E-state index in [1.807, 2.05) is 48.5 Å². The van der Waals surface area contributed by atoms with Crippen LogP contribution in [-0.2, 0) is 29.5 Å². The zero-order chi connectivity index (χ0) is 22.0. The Kier molecular flexibility index (Phi) is 5.95. The minimum Gasteiger partial charge on any atom is -0.391 e. The Labute approximate surface area is 190 Å². The number of nitrogens with zero attached hydrogens (tertiary/aromatic N) is 1. The van der Waals surface area contributed by atoms with Crippen LogP contribution in [0.25, 0.3) is 0 Å². The van der Waals surface area contributed by atoms with E-state index >= 15 is 0 Å². The second kappa shape index (κ2) is 9.01. The fourth-order valence-electron chi connectivity index (χ4n) is 5.72. The van der Waals surface area contributed by atoms with Gasteiger partial charge in [0.05, 0.1) is 11.5 Å². The molecule has 1 fully saturated rings. The lowest BCUT2D eigenvalue weighted by atomic mass is 9.68. The zero-order valence-corrected chi connectivity index (χ0v) is 18.5. The highest BCUT2D eigenvalue weighted by Gasteiger charge is 2.44. The summed E-state index contributed by atoms with van der Waals surface area (Å²) in [4.78, 5) is 16.2. The predicted octanol–water partition coefficient (Wildman–Crippen LogP) is 4.36. The number of carbonyl (C=O) groups is 1. The van der Waals surface area contributed by atoms with Gasteiger partial charge in [-0.25, -0.2) is 0 Å². The molecule has 0 amide bonds. The van der Waals surface area contributed by atoms with Crippen LogP contribution in [0.15, 0.2) is 84.9 Å². The number of ketones is 1. The van der Waals surface area contributed by atoms with E-state index in [-0.39, 0.29) is 12.1 Å². The van der Waals surface area contributed by atoms with Gasteiger partial charge in [0.15, 0.2) is 0 Å². The van der Waals surface area contributed by atoms with E-state index in [2.05, 4.69) is 41.3 Å². The van der Waals surface area contributed by atoms with Crippen molar-refractivity contribution in [3.8, 4) is 0 Å². The largest absolute Gasteiger partial charge is 0.391 e. The van der Waals surface area contributed by atoms with Gasteiger partial charge in [-0.15, -0.1) is 0 Å². The number of hydrogen-bond acceptors (Lipinski definition) is 3. The van der Waals surface area contributed by atoms with Crippen LogP contribution in [0.3, 0.4) is 0 Å². The van der Waals surface area contributed by atoms with Gasteiger partial charge in [0, 0.05) is 18.9 Å². The zero-order valence-electron chi connectivity index (χ0n) is 18.5. The summed E-state index contributed by atoms with van der Waals surface area (Å²) >= 11 is 0. The SMILES string of the molecule is O=C(Cc1ccccc1)C1(c2ccccc2)CCN([C@@H]2Cc3ccccc3C[C@H]2O)CC1. The maximum Gasteiger partial charge on any atom is 0.147 e. The van der Waals surface area contributed by atoms with E-state index in [0.29, 0.717) is 18.6 Å². The number of benzene rings is 3. The molecule has 0 aromatic heterocycles. The monoisotopic (exact) mass is 425 g/mol. The lowest BCUT2D eigenvalue weighted by Crippen LogP contribution is -2.55. The molecule has 164 valence electrons. The smallest absolute Gasteiger partial charge is 0.147 e. The van der Waals surface area contributed by atoms with Gasteiger partial charge in [-0.2, -0.15) is 0 Å². The van der Waals surface area contributed by atoms with E-state index in [0.717, 1.165) is 43.5 Å². The maximum absolute atomic E-state index is 13.7. The first-order chi connectivity index (χ1) is 15.7. The summed E-state index contributed by atoms with van der Waals surface area (Å²) in [5.41, 5.74) is 4.38. The molecule has 5 rings (SSSR count). The Balaban J connectivity index is 1.37. The Bertz CT molecular complexity index is 1050. The lowest BCUT2D eigenvalue weighted by molar-refractivity contribution is -0.126. The topological polar surface area (TPSA) is 40.5 Å². The van der Waals surface area contributed by atoms with E-state index in [4.69, 9.17) is 0 Å². The van der Waals surface area contributed by atoms with Crippen LogP contribution in [0.4, 0.5) is 0 Å². The minimum atomic E-state index is -0.453. The van der Waals surface area contributed by atoms with Gasteiger partial charge in [0.1, 0.15) is 5.78 Å². The Morgan fingerprint density at radius 2 is 1.38 bits per heavy atom. The van der Waals surface area contributed by atoms with Crippen molar-refractivity contribution >= 4 is 5.78 Å². The molecule has 32 heavy (non-hydrogen) atoms. The number of piperidine rings is 1. The molecule has 1 aliphatic heterocycles. The van der Waals surface area contributed by atoms with Gasteiger partial charge in [-0.1, -0.05) is 84.9 Å². The highest BCUT2D eigenvalue weighted by molar-refractivity contribution is 5.92. The molecule has 1 heterocycles. The number of aliphatic hydroxyl groups is 1. The number of rotatable bonds is 5. The molecule has 0 spiro atoms. The summed E-state index contributed by atoms with van der Waals surface area (Å²) in [5.74, 6) is 0.309. The lowest BCUT2D eigenvalue weighted by Gasteiger charge is -2.46. The molecule has 0 bridgehead atoms. The highest BCUT2D eigenvalue weighted by Crippen LogP contribution is 2.39. The molecule has 3 heteroatoms. The van der Waals surface area contributed by atoms with Gasteiger partial charge in [-0.05, 0) is 54.6 Å². The standard InChI is InChI=1S/C29H31NO2/c31-27-21-24-12-8-7-11-23(24)20-26(27)30-17-15-29(16-18-30,25-13-5-2-6-14-25)28(32)19-22-9-3-1-4-10-22/h1-14,26-27,31H,15-21H2/t26-,27-/m1/s1. The average molecular weight is 426 g/mol. The third-order valence-corrected chi connectivity index (χ3v) is 7.61. The van der Waals surface area contributed by atoms with Crippen LogP contribution in [0, 0.1) is 0 Å². The summed E-state index contributed by atoms with van der Waals surface area (Å²) in [6.07, 6.45) is 3.31. The van der Waals surface area contributed by atoms with Crippen molar-refractivity contribution in [3.05, 3.63) is 107 Å². The van der Waals surface area contributed by atoms with Gasteiger partial charge in [0.2, 0.25) is 0 Å². The maximum atomic E-state index is 13.7. The van der Waals surface area contributed by atoms with Gasteiger partial charge < -0.3 is 5.11 Å². The van der Waals surface area contributed by atoms with Gasteiger partial charge >= 0.3 is 0 Å². The van der Waals surface area contributed by atoms with Crippen molar-refractivity contribution in [1.29, 1.82) is 0 Å². The first kappa shape index (κ1) is 21.1. The second-order valence-electron chi connectivity index (χ2n) is 9.38. The molecule has 0 radical (unpaired) electrons. The van der Waals surface area contributed by atoms with E-state index < -0.39 is 5.41 Å².